The maximum atomic E-state index is 12.8. The number of rotatable bonds is 10. The Morgan fingerprint density at radius 3 is 2.52 bits per heavy atom. The van der Waals surface area contributed by atoms with E-state index in [0.717, 1.165) is 45.3 Å². The third kappa shape index (κ3) is 7.23. The van der Waals surface area contributed by atoms with Gasteiger partial charge in [0.05, 0.1) is 21.3 Å². The molecule has 1 aliphatic rings. The quantitative estimate of drug-likeness (QED) is 0.331. The number of H-pyrrole nitrogens is 1. The first kappa shape index (κ1) is 25.1. The van der Waals surface area contributed by atoms with Crippen molar-refractivity contribution in [1.82, 2.24) is 20.4 Å². The predicted molar refractivity (Wildman–Crippen MR) is 132 cm³/mol. The minimum atomic E-state index is -0.506. The van der Waals surface area contributed by atoms with E-state index in [-0.39, 0.29) is 38.9 Å². The van der Waals surface area contributed by atoms with Crippen LogP contribution in [0, 0.1) is 12.3 Å². The molecule has 1 aromatic heterocycles. The zero-order chi connectivity index (χ0) is 23.6. The van der Waals surface area contributed by atoms with Crippen molar-refractivity contribution in [2.45, 2.75) is 51.0 Å². The highest BCUT2D eigenvalue weighted by atomic mass is 35.5. The summed E-state index contributed by atoms with van der Waals surface area (Å²) in [5.41, 5.74) is 0.550. The molecule has 0 radical (unpaired) electrons. The lowest BCUT2D eigenvalue weighted by Crippen LogP contribution is -2.45. The molecule has 2 heterocycles. The summed E-state index contributed by atoms with van der Waals surface area (Å²) in [6.45, 7) is 2.98. The van der Waals surface area contributed by atoms with Gasteiger partial charge in [0.15, 0.2) is 5.69 Å². The second-order valence-corrected chi connectivity index (χ2v) is 8.97. The zero-order valence-electron chi connectivity index (χ0n) is 18.5. The number of amides is 2. The third-order valence-corrected chi connectivity index (χ3v) is 6.39. The summed E-state index contributed by atoms with van der Waals surface area (Å²) in [5, 5.41) is 12.8. The summed E-state index contributed by atoms with van der Waals surface area (Å²) < 4.78 is 0. The number of benzene rings is 1. The van der Waals surface area contributed by atoms with Crippen molar-refractivity contribution in [3.05, 3.63) is 45.7 Å². The van der Waals surface area contributed by atoms with E-state index in [4.69, 9.17) is 29.6 Å². The first-order valence-electron chi connectivity index (χ1n) is 11.3. The first-order valence-corrected chi connectivity index (χ1v) is 12.0. The molecule has 2 aromatic rings. The van der Waals surface area contributed by atoms with Gasteiger partial charge in [-0.25, -0.2) is 0 Å². The van der Waals surface area contributed by atoms with Gasteiger partial charge in [0, 0.05) is 31.7 Å². The van der Waals surface area contributed by atoms with E-state index >= 15 is 0 Å². The van der Waals surface area contributed by atoms with Crippen LogP contribution in [0.25, 0.3) is 0 Å². The Morgan fingerprint density at radius 2 is 1.82 bits per heavy atom. The summed E-state index contributed by atoms with van der Waals surface area (Å²) in [6, 6.07) is 4.89. The molecule has 3 rings (SSSR count). The van der Waals surface area contributed by atoms with Crippen LogP contribution in [0.3, 0.4) is 0 Å². The molecule has 1 fully saturated rings. The SMILES string of the molecule is C#CCCCCCCN1CCC(NC(=O)c2n[nH]cc2NC(=O)c2c(Cl)cccc2Cl)CC1. The van der Waals surface area contributed by atoms with Crippen LogP contribution in [0.5, 0.6) is 0 Å². The number of aromatic amines is 1. The van der Waals surface area contributed by atoms with Crippen LogP contribution in [0.1, 0.15) is 65.8 Å². The van der Waals surface area contributed by atoms with Crippen LogP contribution < -0.4 is 10.6 Å². The smallest absolute Gasteiger partial charge is 0.274 e. The number of halogens is 2. The first-order chi connectivity index (χ1) is 16.0. The molecule has 3 N–H and O–H groups in total. The number of terminal acetylenes is 1. The average Bonchev–Trinajstić information content (AvgIpc) is 3.25. The number of nitrogens with one attached hydrogen (secondary N) is 3. The number of hydrogen-bond donors (Lipinski definition) is 3. The highest BCUT2D eigenvalue weighted by Crippen LogP contribution is 2.26. The second kappa shape index (κ2) is 12.6. The number of hydrogen-bond acceptors (Lipinski definition) is 4. The van der Waals surface area contributed by atoms with Gasteiger partial charge >= 0.3 is 0 Å². The molecule has 176 valence electrons. The predicted octanol–water partition coefficient (Wildman–Crippen LogP) is 4.75. The van der Waals surface area contributed by atoms with Gasteiger partial charge in [-0.2, -0.15) is 5.10 Å². The fraction of sp³-hybridized carbons (Fsp3) is 0.458. The minimum absolute atomic E-state index is 0.0719. The lowest BCUT2D eigenvalue weighted by Gasteiger charge is -2.32. The molecule has 0 aliphatic carbocycles. The van der Waals surface area contributed by atoms with Crippen LogP contribution in [0.2, 0.25) is 10.0 Å². The monoisotopic (exact) mass is 489 g/mol. The molecule has 1 saturated heterocycles. The van der Waals surface area contributed by atoms with Crippen molar-refractivity contribution in [1.29, 1.82) is 0 Å². The van der Waals surface area contributed by atoms with E-state index in [0.29, 0.717) is 0 Å². The number of piperidine rings is 1. The molecule has 0 unspecified atom stereocenters. The van der Waals surface area contributed by atoms with E-state index < -0.39 is 5.91 Å². The molecule has 0 spiro atoms. The third-order valence-electron chi connectivity index (χ3n) is 5.76. The van der Waals surface area contributed by atoms with Crippen molar-refractivity contribution in [3.63, 3.8) is 0 Å². The fourth-order valence-electron chi connectivity index (χ4n) is 3.93. The van der Waals surface area contributed by atoms with Crippen molar-refractivity contribution in [2.75, 3.05) is 25.0 Å². The van der Waals surface area contributed by atoms with Crippen molar-refractivity contribution >= 4 is 40.7 Å². The Kier molecular flexibility index (Phi) is 9.61. The molecule has 0 saturated carbocycles. The number of likely N-dealkylation sites (tertiary alicyclic amines) is 1. The van der Waals surface area contributed by atoms with Gasteiger partial charge in [-0.3, -0.25) is 14.7 Å². The van der Waals surface area contributed by atoms with Crippen molar-refractivity contribution in [2.24, 2.45) is 0 Å². The van der Waals surface area contributed by atoms with Gasteiger partial charge in [0.1, 0.15) is 0 Å². The zero-order valence-corrected chi connectivity index (χ0v) is 20.0. The molecule has 7 nitrogen and oxygen atoms in total. The van der Waals surface area contributed by atoms with Crippen LogP contribution >= 0.6 is 23.2 Å². The van der Waals surface area contributed by atoms with E-state index in [1.54, 1.807) is 18.2 Å². The average molecular weight is 490 g/mol. The molecular weight excluding hydrogens is 461 g/mol. The molecule has 0 atom stereocenters. The normalized spacial score (nSPS) is 14.6. The largest absolute Gasteiger partial charge is 0.348 e. The Bertz CT molecular complexity index is 973. The number of nitrogens with zero attached hydrogens (tertiary/aromatic N) is 2. The van der Waals surface area contributed by atoms with E-state index in [1.807, 2.05) is 0 Å². The van der Waals surface area contributed by atoms with E-state index in [2.05, 4.69) is 31.7 Å². The minimum Gasteiger partial charge on any atom is -0.348 e. The number of anilines is 1. The highest BCUT2D eigenvalue weighted by molar-refractivity contribution is 6.40. The van der Waals surface area contributed by atoms with Gasteiger partial charge in [0.2, 0.25) is 0 Å². The van der Waals surface area contributed by atoms with Crippen LogP contribution in [0.4, 0.5) is 5.69 Å². The molecule has 2 amide bonds. The molecule has 1 aliphatic heterocycles. The molecule has 9 heteroatoms. The van der Waals surface area contributed by atoms with Gasteiger partial charge in [-0.15, -0.1) is 12.3 Å². The van der Waals surface area contributed by atoms with Gasteiger partial charge in [-0.1, -0.05) is 42.1 Å². The maximum absolute atomic E-state index is 12.8. The van der Waals surface area contributed by atoms with Gasteiger partial charge in [-0.05, 0) is 44.4 Å². The summed E-state index contributed by atoms with van der Waals surface area (Å²) >= 11 is 12.2. The summed E-state index contributed by atoms with van der Waals surface area (Å²) in [5.74, 6) is 1.84. The van der Waals surface area contributed by atoms with Gasteiger partial charge < -0.3 is 15.5 Å². The summed E-state index contributed by atoms with van der Waals surface area (Å²) in [7, 11) is 0. The van der Waals surface area contributed by atoms with E-state index in [1.165, 1.54) is 25.5 Å². The lowest BCUT2D eigenvalue weighted by molar-refractivity contribution is 0.0906. The number of carbonyl (C=O) groups is 2. The van der Waals surface area contributed by atoms with Crippen LogP contribution in [0.15, 0.2) is 24.4 Å². The van der Waals surface area contributed by atoms with E-state index in [9.17, 15) is 9.59 Å². The number of aromatic nitrogens is 2. The topological polar surface area (TPSA) is 90.1 Å². The number of unbranched alkanes of at least 4 members (excludes halogenated alkanes) is 4. The number of carbonyl (C=O) groups excluding carboxylic acids is 2. The molecule has 1 aromatic carbocycles. The fourth-order valence-corrected chi connectivity index (χ4v) is 4.50. The highest BCUT2D eigenvalue weighted by Gasteiger charge is 2.24. The molecular formula is C24H29Cl2N5O2. The van der Waals surface area contributed by atoms with Crippen LogP contribution in [-0.4, -0.2) is 52.6 Å². The Morgan fingerprint density at radius 1 is 1.12 bits per heavy atom. The Hall–Kier alpha value is -2.53. The van der Waals surface area contributed by atoms with Gasteiger partial charge in [0.25, 0.3) is 11.8 Å². The second-order valence-electron chi connectivity index (χ2n) is 8.16. The van der Waals surface area contributed by atoms with Crippen LogP contribution in [-0.2, 0) is 0 Å². The Labute approximate surface area is 204 Å². The molecule has 0 bridgehead atoms. The Balaban J connectivity index is 1.46. The lowest BCUT2D eigenvalue weighted by atomic mass is 10.0. The standard InChI is InChI=1S/C24H29Cl2N5O2/c1-2-3-4-5-6-7-13-31-14-11-17(12-15-31)28-24(33)22-20(16-27-30-22)29-23(32)21-18(25)9-8-10-19(21)26/h1,8-10,16-17H,3-7,11-15H2,(H,27,30)(H,28,33)(H,29,32). The van der Waals surface area contributed by atoms with Crippen molar-refractivity contribution < 1.29 is 9.59 Å². The molecule has 33 heavy (non-hydrogen) atoms. The maximum Gasteiger partial charge on any atom is 0.274 e. The summed E-state index contributed by atoms with van der Waals surface area (Å²) in [6.07, 6.45) is 14.0. The van der Waals surface area contributed by atoms with Crippen molar-refractivity contribution in [3.8, 4) is 12.3 Å². The summed E-state index contributed by atoms with van der Waals surface area (Å²) in [4.78, 5) is 27.9.